The van der Waals surface area contributed by atoms with Crippen LogP contribution in [0.5, 0.6) is 0 Å². The highest BCUT2D eigenvalue weighted by atomic mass is 32.1. The molecule has 4 heteroatoms. The van der Waals surface area contributed by atoms with Gasteiger partial charge in [0.2, 0.25) is 0 Å². The normalized spacial score (nSPS) is 13.0. The van der Waals surface area contributed by atoms with Gasteiger partial charge in [-0.15, -0.1) is 11.3 Å². The van der Waals surface area contributed by atoms with Gasteiger partial charge in [0.25, 0.3) is 5.91 Å². The van der Waals surface area contributed by atoms with E-state index >= 15 is 0 Å². The first-order chi connectivity index (χ1) is 11.0. The Labute approximate surface area is 140 Å². The molecule has 0 aliphatic heterocycles. The Bertz CT molecular complexity index is 814. The zero-order valence-corrected chi connectivity index (χ0v) is 14.4. The molecule has 118 valence electrons. The van der Waals surface area contributed by atoms with E-state index in [1.165, 1.54) is 0 Å². The van der Waals surface area contributed by atoms with E-state index in [4.69, 9.17) is 0 Å². The van der Waals surface area contributed by atoms with E-state index < -0.39 is 0 Å². The number of thiophene rings is 1. The van der Waals surface area contributed by atoms with E-state index in [-0.39, 0.29) is 17.4 Å². The predicted molar refractivity (Wildman–Crippen MR) is 95.7 cm³/mol. The first-order valence-electron chi connectivity index (χ1n) is 7.65. The molecule has 3 aromatic rings. The summed E-state index contributed by atoms with van der Waals surface area (Å²) in [6.45, 7) is 6.40. The first-order valence-corrected chi connectivity index (χ1v) is 8.53. The molecule has 0 aliphatic carbocycles. The molecule has 0 aliphatic rings. The van der Waals surface area contributed by atoms with Crippen LogP contribution >= 0.6 is 11.3 Å². The fourth-order valence-electron chi connectivity index (χ4n) is 2.67. The van der Waals surface area contributed by atoms with Crippen molar-refractivity contribution in [3.8, 4) is 0 Å². The summed E-state index contributed by atoms with van der Waals surface area (Å²) in [5, 5.41) is 7.12. The molecule has 23 heavy (non-hydrogen) atoms. The van der Waals surface area contributed by atoms with Gasteiger partial charge in [0.15, 0.2) is 0 Å². The predicted octanol–water partition coefficient (Wildman–Crippen LogP) is 4.81. The first kappa shape index (κ1) is 15.7. The molecule has 0 fully saturated rings. The van der Waals surface area contributed by atoms with E-state index in [2.05, 4.69) is 37.1 Å². The summed E-state index contributed by atoms with van der Waals surface area (Å²) in [5.41, 5.74) is 0.402. The van der Waals surface area contributed by atoms with Crippen molar-refractivity contribution in [2.24, 2.45) is 5.41 Å². The minimum Gasteiger partial charge on any atom is -0.343 e. The molecule has 1 aromatic carbocycles. The average molecular weight is 324 g/mol. The van der Waals surface area contributed by atoms with Crippen molar-refractivity contribution in [3.05, 3.63) is 64.6 Å². The van der Waals surface area contributed by atoms with Crippen LogP contribution < -0.4 is 5.32 Å². The van der Waals surface area contributed by atoms with E-state index in [0.717, 1.165) is 15.6 Å². The maximum absolute atomic E-state index is 12.8. The van der Waals surface area contributed by atoms with E-state index in [0.29, 0.717) is 5.69 Å². The second-order valence-corrected chi connectivity index (χ2v) is 7.65. The van der Waals surface area contributed by atoms with E-state index in [9.17, 15) is 4.79 Å². The fourth-order valence-corrected chi connectivity index (χ4v) is 3.69. The molecule has 2 aromatic heterocycles. The highest BCUT2D eigenvalue weighted by Crippen LogP contribution is 2.35. The van der Waals surface area contributed by atoms with Crippen molar-refractivity contribution in [1.82, 2.24) is 10.3 Å². The number of benzene rings is 1. The molecular formula is C19H20N2OS. The average Bonchev–Trinajstić information content (AvgIpc) is 3.04. The Morgan fingerprint density at radius 3 is 2.61 bits per heavy atom. The molecule has 1 atom stereocenters. The quantitative estimate of drug-likeness (QED) is 0.751. The summed E-state index contributed by atoms with van der Waals surface area (Å²) in [6.07, 6.45) is 1.69. The van der Waals surface area contributed by atoms with Crippen molar-refractivity contribution >= 4 is 28.0 Å². The second kappa shape index (κ2) is 6.13. The minimum absolute atomic E-state index is 0.0456. The number of hydrogen-bond donors (Lipinski definition) is 1. The molecule has 0 radical (unpaired) electrons. The number of aromatic nitrogens is 1. The Hall–Kier alpha value is -2.20. The Balaban J connectivity index is 1.96. The summed E-state index contributed by atoms with van der Waals surface area (Å²) in [7, 11) is 0. The van der Waals surface area contributed by atoms with Crippen molar-refractivity contribution in [2.45, 2.75) is 26.8 Å². The Morgan fingerprint density at radius 1 is 1.13 bits per heavy atom. The molecule has 0 bridgehead atoms. The van der Waals surface area contributed by atoms with Gasteiger partial charge in [0.1, 0.15) is 5.69 Å². The fraction of sp³-hybridized carbons (Fsp3) is 0.263. The van der Waals surface area contributed by atoms with Crippen molar-refractivity contribution < 1.29 is 4.79 Å². The number of rotatable bonds is 3. The Kier molecular flexibility index (Phi) is 4.18. The van der Waals surface area contributed by atoms with Crippen LogP contribution in [-0.2, 0) is 0 Å². The lowest BCUT2D eigenvalue weighted by molar-refractivity contribution is 0.0900. The minimum atomic E-state index is -0.130. The monoisotopic (exact) mass is 324 g/mol. The highest BCUT2D eigenvalue weighted by molar-refractivity contribution is 7.10. The number of carbonyl (C=O) groups is 1. The van der Waals surface area contributed by atoms with Crippen LogP contribution in [0, 0.1) is 5.41 Å². The lowest BCUT2D eigenvalue weighted by Gasteiger charge is -2.30. The van der Waals surface area contributed by atoms with Crippen molar-refractivity contribution in [2.75, 3.05) is 0 Å². The lowest BCUT2D eigenvalue weighted by atomic mass is 9.85. The summed E-state index contributed by atoms with van der Waals surface area (Å²) in [4.78, 5) is 18.3. The summed E-state index contributed by atoms with van der Waals surface area (Å²) in [5.74, 6) is -0.130. The van der Waals surface area contributed by atoms with Crippen LogP contribution in [0.3, 0.4) is 0 Å². The van der Waals surface area contributed by atoms with Gasteiger partial charge in [-0.05, 0) is 28.3 Å². The number of fused-ring (bicyclic) bond motifs is 1. The molecule has 0 spiro atoms. The van der Waals surface area contributed by atoms with Crippen LogP contribution in [0.15, 0.2) is 54.0 Å². The molecule has 3 nitrogen and oxygen atoms in total. The molecule has 3 rings (SSSR count). The smallest absolute Gasteiger partial charge is 0.271 e. The van der Waals surface area contributed by atoms with Gasteiger partial charge < -0.3 is 5.32 Å². The molecule has 0 saturated carbocycles. The maximum Gasteiger partial charge on any atom is 0.271 e. The van der Waals surface area contributed by atoms with Gasteiger partial charge >= 0.3 is 0 Å². The summed E-state index contributed by atoms with van der Waals surface area (Å²) in [6, 6.07) is 13.8. The molecule has 1 N–H and O–H groups in total. The third-order valence-corrected chi connectivity index (χ3v) is 4.80. The second-order valence-electron chi connectivity index (χ2n) is 6.67. The number of nitrogens with one attached hydrogen (secondary N) is 1. The van der Waals surface area contributed by atoms with Crippen LogP contribution in [0.1, 0.15) is 42.2 Å². The third kappa shape index (κ3) is 3.27. The summed E-state index contributed by atoms with van der Waals surface area (Å²) >= 11 is 1.66. The Morgan fingerprint density at radius 2 is 1.91 bits per heavy atom. The largest absolute Gasteiger partial charge is 0.343 e. The number of nitrogens with zero attached hydrogens (tertiary/aromatic N) is 1. The van der Waals surface area contributed by atoms with Crippen molar-refractivity contribution in [3.63, 3.8) is 0 Å². The highest BCUT2D eigenvalue weighted by Gasteiger charge is 2.29. The van der Waals surface area contributed by atoms with E-state index in [1.807, 2.05) is 41.8 Å². The van der Waals surface area contributed by atoms with Crippen molar-refractivity contribution in [1.29, 1.82) is 0 Å². The van der Waals surface area contributed by atoms with Gasteiger partial charge in [-0.25, -0.2) is 0 Å². The van der Waals surface area contributed by atoms with Gasteiger partial charge in [-0.3, -0.25) is 9.78 Å². The molecule has 2 heterocycles. The molecule has 0 saturated heterocycles. The molecule has 1 unspecified atom stereocenters. The van der Waals surface area contributed by atoms with Crippen LogP contribution in [0.4, 0.5) is 0 Å². The third-order valence-electron chi connectivity index (χ3n) is 3.86. The van der Waals surface area contributed by atoms with Crippen LogP contribution in [0.2, 0.25) is 0 Å². The zero-order valence-electron chi connectivity index (χ0n) is 13.5. The summed E-state index contributed by atoms with van der Waals surface area (Å²) < 4.78 is 0. The maximum atomic E-state index is 12.8. The molecular weight excluding hydrogens is 304 g/mol. The standard InChI is InChI=1S/C19H20N2OS/c1-19(2,3)17(15-9-6-12-23-15)21-18(22)16-14-8-5-4-7-13(14)10-11-20-16/h4-12,17H,1-3H3,(H,21,22). The SMILES string of the molecule is CC(C)(C)C(NC(=O)c1nccc2ccccc12)c1cccs1. The topological polar surface area (TPSA) is 42.0 Å². The van der Waals surface area contributed by atoms with Gasteiger partial charge in [0.05, 0.1) is 6.04 Å². The number of pyridine rings is 1. The molecule has 1 amide bonds. The van der Waals surface area contributed by atoms with Gasteiger partial charge in [-0.1, -0.05) is 51.1 Å². The zero-order chi connectivity index (χ0) is 16.4. The number of carbonyl (C=O) groups excluding carboxylic acids is 1. The van der Waals surface area contributed by atoms with Crippen LogP contribution in [0.25, 0.3) is 10.8 Å². The van der Waals surface area contributed by atoms with Gasteiger partial charge in [0, 0.05) is 16.5 Å². The van der Waals surface area contributed by atoms with Gasteiger partial charge in [-0.2, -0.15) is 0 Å². The number of hydrogen-bond acceptors (Lipinski definition) is 3. The van der Waals surface area contributed by atoms with E-state index in [1.54, 1.807) is 17.5 Å². The van der Waals surface area contributed by atoms with Crippen LogP contribution in [-0.4, -0.2) is 10.9 Å². The number of amides is 1. The lowest BCUT2D eigenvalue weighted by Crippen LogP contribution is -2.36.